The van der Waals surface area contributed by atoms with E-state index in [2.05, 4.69) is 28.9 Å². The summed E-state index contributed by atoms with van der Waals surface area (Å²) in [5.74, 6) is 0.947. The van der Waals surface area contributed by atoms with Gasteiger partial charge in [0.15, 0.2) is 0 Å². The summed E-state index contributed by atoms with van der Waals surface area (Å²) in [6.07, 6.45) is 0.0535. The van der Waals surface area contributed by atoms with Gasteiger partial charge in [0, 0.05) is 39.8 Å². The first-order valence-corrected chi connectivity index (χ1v) is 6.70. The first-order valence-electron chi connectivity index (χ1n) is 6.70. The van der Waals surface area contributed by atoms with E-state index in [0.717, 1.165) is 38.5 Å². The number of methoxy groups -OCH3 is 2. The Labute approximate surface area is 115 Å². The predicted octanol–water partition coefficient (Wildman–Crippen LogP) is 1.67. The van der Waals surface area contributed by atoms with Crippen LogP contribution in [0.15, 0.2) is 24.3 Å². The molecule has 0 bridgehead atoms. The molecule has 4 heteroatoms. The van der Waals surface area contributed by atoms with E-state index in [1.54, 1.807) is 14.2 Å². The predicted molar refractivity (Wildman–Crippen MR) is 77.8 cm³/mol. The maximum atomic E-state index is 5.42. The highest BCUT2D eigenvalue weighted by molar-refractivity contribution is 5.58. The lowest BCUT2D eigenvalue weighted by Crippen LogP contribution is -2.48. The zero-order valence-corrected chi connectivity index (χ0v) is 11.8. The SMILES string of the molecule is [CH2]C(CN1CCN(c2ccccc2OC)CC1)OC. The van der Waals surface area contributed by atoms with Gasteiger partial charge in [0.25, 0.3) is 0 Å². The minimum Gasteiger partial charge on any atom is -0.495 e. The molecule has 1 radical (unpaired) electrons. The summed E-state index contributed by atoms with van der Waals surface area (Å²) in [7, 11) is 3.43. The first kappa shape index (κ1) is 14.2. The van der Waals surface area contributed by atoms with Crippen LogP contribution in [0.3, 0.4) is 0 Å². The molecular formula is C15H23N2O2. The molecule has 1 fully saturated rings. The fourth-order valence-electron chi connectivity index (χ4n) is 2.42. The molecule has 0 saturated carbocycles. The van der Waals surface area contributed by atoms with Gasteiger partial charge in [-0.3, -0.25) is 4.90 Å². The average Bonchev–Trinajstić information content (AvgIpc) is 2.48. The van der Waals surface area contributed by atoms with E-state index in [9.17, 15) is 0 Å². The second kappa shape index (κ2) is 6.78. The molecule has 0 aromatic heterocycles. The second-order valence-corrected chi connectivity index (χ2v) is 4.82. The number of nitrogens with zero attached hydrogens (tertiary/aromatic N) is 2. The van der Waals surface area contributed by atoms with Gasteiger partial charge in [-0.1, -0.05) is 12.1 Å². The van der Waals surface area contributed by atoms with Crippen LogP contribution in [-0.2, 0) is 4.74 Å². The number of rotatable bonds is 5. The van der Waals surface area contributed by atoms with Crippen molar-refractivity contribution in [2.75, 3.05) is 51.8 Å². The maximum Gasteiger partial charge on any atom is 0.142 e. The Bertz CT molecular complexity index is 389. The number of hydrogen-bond donors (Lipinski definition) is 0. The zero-order valence-electron chi connectivity index (χ0n) is 11.8. The summed E-state index contributed by atoms with van der Waals surface area (Å²) in [6, 6.07) is 8.19. The molecule has 1 atom stereocenters. The number of hydrogen-bond acceptors (Lipinski definition) is 4. The third-order valence-corrected chi connectivity index (χ3v) is 3.59. The van der Waals surface area contributed by atoms with E-state index in [1.807, 2.05) is 12.1 Å². The molecule has 1 aliphatic rings. The van der Waals surface area contributed by atoms with Gasteiger partial charge in [-0.2, -0.15) is 0 Å². The molecule has 1 aromatic carbocycles. The number of anilines is 1. The summed E-state index contributed by atoms with van der Waals surface area (Å²) in [5, 5.41) is 0. The molecule has 19 heavy (non-hydrogen) atoms. The molecule has 0 aliphatic carbocycles. The highest BCUT2D eigenvalue weighted by Crippen LogP contribution is 2.28. The molecule has 1 aliphatic heterocycles. The van der Waals surface area contributed by atoms with Gasteiger partial charge in [-0.05, 0) is 19.1 Å². The van der Waals surface area contributed by atoms with Crippen molar-refractivity contribution < 1.29 is 9.47 Å². The third-order valence-electron chi connectivity index (χ3n) is 3.59. The van der Waals surface area contributed by atoms with E-state index in [0.29, 0.717) is 0 Å². The van der Waals surface area contributed by atoms with Crippen molar-refractivity contribution >= 4 is 5.69 Å². The smallest absolute Gasteiger partial charge is 0.142 e. The topological polar surface area (TPSA) is 24.9 Å². The zero-order chi connectivity index (χ0) is 13.7. The van der Waals surface area contributed by atoms with Crippen LogP contribution in [0.2, 0.25) is 0 Å². The molecule has 0 spiro atoms. The lowest BCUT2D eigenvalue weighted by atomic mass is 10.2. The average molecular weight is 263 g/mol. The summed E-state index contributed by atoms with van der Waals surface area (Å²) in [5.41, 5.74) is 1.18. The van der Waals surface area contributed by atoms with E-state index in [1.165, 1.54) is 5.69 Å². The van der Waals surface area contributed by atoms with Crippen molar-refractivity contribution in [1.29, 1.82) is 0 Å². The van der Waals surface area contributed by atoms with Crippen molar-refractivity contribution in [2.24, 2.45) is 0 Å². The third kappa shape index (κ3) is 3.61. The minimum absolute atomic E-state index is 0.0535. The Kier molecular flexibility index (Phi) is 5.05. The molecule has 0 N–H and O–H groups in total. The van der Waals surface area contributed by atoms with Gasteiger partial charge in [-0.15, -0.1) is 0 Å². The van der Waals surface area contributed by atoms with Crippen molar-refractivity contribution in [2.45, 2.75) is 6.10 Å². The summed E-state index contributed by atoms with van der Waals surface area (Å²) in [4.78, 5) is 4.77. The number of para-hydroxylation sites is 2. The Balaban J connectivity index is 1.92. The van der Waals surface area contributed by atoms with Crippen molar-refractivity contribution in [3.8, 4) is 5.75 Å². The Morgan fingerprint density at radius 2 is 1.84 bits per heavy atom. The Morgan fingerprint density at radius 3 is 2.47 bits per heavy atom. The molecule has 0 amide bonds. The van der Waals surface area contributed by atoms with Crippen LogP contribution in [0.25, 0.3) is 0 Å². The van der Waals surface area contributed by atoms with Gasteiger partial charge < -0.3 is 14.4 Å². The van der Waals surface area contributed by atoms with Crippen LogP contribution < -0.4 is 9.64 Å². The summed E-state index contributed by atoms with van der Waals surface area (Å²) in [6.45, 7) is 8.95. The van der Waals surface area contributed by atoms with Crippen LogP contribution in [0.4, 0.5) is 5.69 Å². The second-order valence-electron chi connectivity index (χ2n) is 4.82. The fourth-order valence-corrected chi connectivity index (χ4v) is 2.42. The van der Waals surface area contributed by atoms with Crippen LogP contribution in [0.1, 0.15) is 0 Å². The maximum absolute atomic E-state index is 5.42. The minimum atomic E-state index is 0.0535. The Morgan fingerprint density at radius 1 is 1.16 bits per heavy atom. The van der Waals surface area contributed by atoms with E-state index in [-0.39, 0.29) is 6.10 Å². The van der Waals surface area contributed by atoms with Crippen LogP contribution in [0.5, 0.6) is 5.75 Å². The standard InChI is InChI=1S/C15H23N2O2/c1-13(18-2)12-16-8-10-17(11-9-16)14-6-4-5-7-15(14)19-3/h4-7,13H,1,8-12H2,2-3H3. The largest absolute Gasteiger partial charge is 0.495 e. The lowest BCUT2D eigenvalue weighted by Gasteiger charge is -2.37. The van der Waals surface area contributed by atoms with Crippen LogP contribution >= 0.6 is 0 Å². The van der Waals surface area contributed by atoms with Gasteiger partial charge in [0.2, 0.25) is 0 Å². The molecule has 1 heterocycles. The normalized spacial score (nSPS) is 18.4. The Hall–Kier alpha value is -1.26. The van der Waals surface area contributed by atoms with E-state index < -0.39 is 0 Å². The van der Waals surface area contributed by atoms with Crippen LogP contribution in [0, 0.1) is 6.92 Å². The van der Waals surface area contributed by atoms with Crippen molar-refractivity contribution in [1.82, 2.24) is 4.90 Å². The number of benzene rings is 1. The van der Waals surface area contributed by atoms with E-state index >= 15 is 0 Å². The van der Waals surface area contributed by atoms with Gasteiger partial charge >= 0.3 is 0 Å². The van der Waals surface area contributed by atoms with Crippen molar-refractivity contribution in [3.63, 3.8) is 0 Å². The first-order chi connectivity index (χ1) is 9.24. The highest BCUT2D eigenvalue weighted by atomic mass is 16.5. The highest BCUT2D eigenvalue weighted by Gasteiger charge is 2.20. The fraction of sp³-hybridized carbons (Fsp3) is 0.533. The lowest BCUT2D eigenvalue weighted by molar-refractivity contribution is 0.0920. The van der Waals surface area contributed by atoms with Crippen molar-refractivity contribution in [3.05, 3.63) is 31.2 Å². The molecule has 1 saturated heterocycles. The number of piperazine rings is 1. The van der Waals surface area contributed by atoms with Gasteiger partial charge in [-0.25, -0.2) is 0 Å². The monoisotopic (exact) mass is 263 g/mol. The van der Waals surface area contributed by atoms with Gasteiger partial charge in [0.05, 0.1) is 18.9 Å². The summed E-state index contributed by atoms with van der Waals surface area (Å²) >= 11 is 0. The molecular weight excluding hydrogens is 240 g/mol. The molecule has 105 valence electrons. The quantitative estimate of drug-likeness (QED) is 0.807. The molecule has 1 aromatic rings. The number of ether oxygens (including phenoxy) is 2. The molecule has 2 rings (SSSR count). The molecule has 4 nitrogen and oxygen atoms in total. The van der Waals surface area contributed by atoms with Gasteiger partial charge in [0.1, 0.15) is 5.75 Å². The van der Waals surface area contributed by atoms with Crippen LogP contribution in [-0.4, -0.2) is 57.9 Å². The summed E-state index contributed by atoms with van der Waals surface area (Å²) < 4.78 is 10.6. The molecule has 1 unspecified atom stereocenters. The van der Waals surface area contributed by atoms with E-state index in [4.69, 9.17) is 9.47 Å².